The number of allylic oxidation sites excluding steroid dienone is 4. The number of hydrogen-bond donors (Lipinski definition) is 0. The summed E-state index contributed by atoms with van der Waals surface area (Å²) in [6.45, 7) is 28.7. The molecule has 3 aromatic carbocycles. The summed E-state index contributed by atoms with van der Waals surface area (Å²) in [5, 5.41) is 4.35. The molecular weight excluding hydrogens is 585 g/mol. The molecule has 3 aromatic rings. The Bertz CT molecular complexity index is 1900. The maximum atomic E-state index is 6.85. The highest BCUT2D eigenvalue weighted by Crippen LogP contribution is 2.62. The van der Waals surface area contributed by atoms with Crippen molar-refractivity contribution in [1.82, 2.24) is 0 Å². The number of fused-ring (bicyclic) bond motifs is 3. The van der Waals surface area contributed by atoms with Gasteiger partial charge >= 0.3 is 0 Å². The van der Waals surface area contributed by atoms with Crippen molar-refractivity contribution in [3.63, 3.8) is 0 Å². The van der Waals surface area contributed by atoms with E-state index in [9.17, 15) is 0 Å². The van der Waals surface area contributed by atoms with Crippen molar-refractivity contribution in [2.45, 2.75) is 105 Å². The van der Waals surface area contributed by atoms with Gasteiger partial charge in [-0.15, -0.1) is 0 Å². The first kappa shape index (κ1) is 33.5. The molecular formula is C45H56OSi. The van der Waals surface area contributed by atoms with Gasteiger partial charge < -0.3 is 4.74 Å². The van der Waals surface area contributed by atoms with Crippen molar-refractivity contribution in [3.8, 4) is 16.9 Å². The predicted molar refractivity (Wildman–Crippen MR) is 207 cm³/mol. The molecule has 0 aromatic heterocycles. The molecule has 0 radical (unpaired) electrons. The second-order valence-electron chi connectivity index (χ2n) is 16.7. The molecule has 246 valence electrons. The van der Waals surface area contributed by atoms with E-state index in [0.717, 1.165) is 24.3 Å². The van der Waals surface area contributed by atoms with Crippen molar-refractivity contribution in [2.75, 3.05) is 6.61 Å². The molecule has 3 aliphatic rings. The minimum absolute atomic E-state index is 0.0398. The van der Waals surface area contributed by atoms with Gasteiger partial charge in [0.05, 0.1) is 0 Å². The summed E-state index contributed by atoms with van der Waals surface area (Å²) in [5.74, 6) is 1.08. The van der Waals surface area contributed by atoms with E-state index in [1.165, 1.54) is 44.3 Å². The fourth-order valence-corrected chi connectivity index (χ4v) is 14.3. The maximum Gasteiger partial charge on any atom is 0.126 e. The Balaban J connectivity index is 1.77. The summed E-state index contributed by atoms with van der Waals surface area (Å²) in [6.07, 6.45) is 9.53. The topological polar surface area (TPSA) is 9.23 Å². The minimum Gasteiger partial charge on any atom is -0.489 e. The molecule has 0 saturated heterocycles. The second kappa shape index (κ2) is 12.0. The van der Waals surface area contributed by atoms with Crippen LogP contribution in [0.1, 0.15) is 86.3 Å². The summed E-state index contributed by atoms with van der Waals surface area (Å²) in [5.41, 5.74) is 12.2. The van der Waals surface area contributed by atoms with Crippen molar-refractivity contribution < 1.29 is 4.74 Å². The first-order chi connectivity index (χ1) is 22.2. The smallest absolute Gasteiger partial charge is 0.126 e. The van der Waals surface area contributed by atoms with Gasteiger partial charge in [0.1, 0.15) is 20.4 Å². The van der Waals surface area contributed by atoms with Crippen molar-refractivity contribution in [1.29, 1.82) is 0 Å². The molecule has 0 saturated carbocycles. The van der Waals surface area contributed by atoms with Crippen molar-refractivity contribution in [2.24, 2.45) is 10.8 Å². The van der Waals surface area contributed by atoms with Crippen LogP contribution < -0.4 is 20.4 Å². The van der Waals surface area contributed by atoms with Gasteiger partial charge in [-0.3, -0.25) is 0 Å². The molecule has 1 atom stereocenters. The third-order valence-electron chi connectivity index (χ3n) is 11.5. The van der Waals surface area contributed by atoms with E-state index < -0.39 is 8.07 Å². The molecule has 47 heavy (non-hydrogen) atoms. The Morgan fingerprint density at radius 3 is 2.28 bits per heavy atom. The Labute approximate surface area is 285 Å². The zero-order valence-electron chi connectivity index (χ0n) is 30.7. The number of aryl methyl sites for hydroxylation is 1. The largest absolute Gasteiger partial charge is 0.489 e. The van der Waals surface area contributed by atoms with Gasteiger partial charge in [0.2, 0.25) is 0 Å². The normalized spacial score (nSPS) is 19.7. The standard InChI is InChI=1S/C45H56OSi/c1-12-24-46-41-36(31-18-16-15-17-19-31)25-30(4)26-38(41)47(13-2,14-3)42-37-29-44(8,9)23-22-34(37)40-39(42)35-27-33(43(5,6)7)21-20-32(35)28-45(40,10)11/h12,15-21,25-29,42H,1,13-14,22-24H2,2-11H3. The molecule has 0 aliphatic heterocycles. The number of ether oxygens (including phenoxy) is 1. The van der Waals surface area contributed by atoms with Gasteiger partial charge in [-0.05, 0) is 85.7 Å². The molecule has 0 heterocycles. The van der Waals surface area contributed by atoms with Crippen LogP contribution in [-0.2, 0) is 5.41 Å². The van der Waals surface area contributed by atoms with Gasteiger partial charge in [-0.1, -0.05) is 159 Å². The summed E-state index contributed by atoms with van der Waals surface area (Å²) >= 11 is 0. The Hall–Kier alpha value is -3.36. The summed E-state index contributed by atoms with van der Waals surface area (Å²) in [7, 11) is -2.37. The van der Waals surface area contributed by atoms with Crippen LogP contribution in [0.4, 0.5) is 0 Å². The predicted octanol–water partition coefficient (Wildman–Crippen LogP) is 10.3. The minimum atomic E-state index is -2.37. The molecule has 0 spiro atoms. The van der Waals surface area contributed by atoms with Crippen molar-refractivity contribution >= 4 is 24.9 Å². The molecule has 0 bridgehead atoms. The maximum absolute atomic E-state index is 6.85. The van der Waals surface area contributed by atoms with Gasteiger partial charge in [0, 0.05) is 16.5 Å². The lowest BCUT2D eigenvalue weighted by Gasteiger charge is -2.42. The average Bonchev–Trinajstić information content (AvgIpc) is 3.36. The van der Waals surface area contributed by atoms with Gasteiger partial charge in [-0.25, -0.2) is 0 Å². The molecule has 0 amide bonds. The third kappa shape index (κ3) is 5.65. The SMILES string of the molecule is C=CCOc1c(-c2ccccc2)cc(C)cc1[Si](CC)(CC)C1C2=CC(C)(C)CCC2=C2C1=c1cc(C(C)(C)C)ccc1=CC2(C)C. The zero-order chi connectivity index (χ0) is 33.9. The van der Waals surface area contributed by atoms with E-state index in [1.807, 2.05) is 6.08 Å². The molecule has 1 nitrogen and oxygen atoms in total. The first-order valence-electron chi connectivity index (χ1n) is 18.0. The molecule has 0 N–H and O–H groups in total. The highest BCUT2D eigenvalue weighted by atomic mass is 28.3. The van der Waals surface area contributed by atoms with E-state index in [1.54, 1.807) is 22.3 Å². The van der Waals surface area contributed by atoms with Crippen LogP contribution in [0.5, 0.6) is 5.75 Å². The second-order valence-corrected chi connectivity index (χ2v) is 21.6. The number of rotatable bonds is 8. The van der Waals surface area contributed by atoms with Crippen LogP contribution in [0.2, 0.25) is 17.6 Å². The summed E-state index contributed by atoms with van der Waals surface area (Å²) in [4.78, 5) is 0. The molecule has 0 fully saturated rings. The van der Waals surface area contributed by atoms with E-state index in [0.29, 0.717) is 12.1 Å². The Kier molecular flexibility index (Phi) is 8.53. The first-order valence-corrected chi connectivity index (χ1v) is 20.5. The zero-order valence-corrected chi connectivity index (χ0v) is 31.7. The Morgan fingerprint density at radius 2 is 1.64 bits per heavy atom. The van der Waals surface area contributed by atoms with Crippen LogP contribution >= 0.6 is 0 Å². The van der Waals surface area contributed by atoms with E-state index in [-0.39, 0.29) is 16.2 Å². The van der Waals surface area contributed by atoms with Crippen LogP contribution in [0, 0.1) is 17.8 Å². The van der Waals surface area contributed by atoms with Gasteiger partial charge in [0.25, 0.3) is 0 Å². The number of hydrogen-bond acceptors (Lipinski definition) is 1. The highest BCUT2D eigenvalue weighted by Gasteiger charge is 2.54. The van der Waals surface area contributed by atoms with E-state index >= 15 is 0 Å². The van der Waals surface area contributed by atoms with Crippen LogP contribution in [-0.4, -0.2) is 14.7 Å². The highest BCUT2D eigenvalue weighted by molar-refractivity contribution is 6.95. The fraction of sp³-hybridized carbons (Fsp3) is 0.422. The quantitative estimate of drug-likeness (QED) is 0.176. The van der Waals surface area contributed by atoms with Crippen molar-refractivity contribution in [3.05, 3.63) is 118 Å². The van der Waals surface area contributed by atoms with Crippen LogP contribution in [0.25, 0.3) is 22.8 Å². The fourth-order valence-electron chi connectivity index (χ4n) is 9.07. The third-order valence-corrected chi connectivity index (χ3v) is 17.1. The molecule has 1 unspecified atom stereocenters. The lowest BCUT2D eigenvalue weighted by Crippen LogP contribution is -2.53. The monoisotopic (exact) mass is 640 g/mol. The molecule has 3 aliphatic carbocycles. The average molecular weight is 641 g/mol. The lowest BCUT2D eigenvalue weighted by molar-refractivity contribution is 0.367. The van der Waals surface area contributed by atoms with E-state index in [4.69, 9.17) is 4.74 Å². The van der Waals surface area contributed by atoms with Crippen LogP contribution in [0.3, 0.4) is 0 Å². The van der Waals surface area contributed by atoms with Crippen LogP contribution in [0.15, 0.2) is 96.1 Å². The molecule has 2 heteroatoms. The summed E-state index contributed by atoms with van der Waals surface area (Å²) in [6, 6.07) is 25.4. The lowest BCUT2D eigenvalue weighted by atomic mass is 9.72. The Morgan fingerprint density at radius 1 is 0.936 bits per heavy atom. The van der Waals surface area contributed by atoms with E-state index in [2.05, 4.69) is 149 Å². The van der Waals surface area contributed by atoms with Gasteiger partial charge in [-0.2, -0.15) is 0 Å². The molecule has 6 rings (SSSR count). The summed E-state index contributed by atoms with van der Waals surface area (Å²) < 4.78 is 6.85. The van der Waals surface area contributed by atoms with Gasteiger partial charge in [0.15, 0.2) is 0 Å². The number of benzene rings is 3.